The summed E-state index contributed by atoms with van der Waals surface area (Å²) in [6.45, 7) is 7.37. The van der Waals surface area contributed by atoms with Gasteiger partial charge in [0.2, 0.25) is 5.91 Å². The Morgan fingerprint density at radius 1 is 0.840 bits per heavy atom. The average molecular weight is 357 g/mol. The third kappa shape index (κ3) is 14.9. The van der Waals surface area contributed by atoms with Gasteiger partial charge >= 0.3 is 5.97 Å². The molecule has 3 N–H and O–H groups in total. The SMILES string of the molecule is CCCCCCCCCCCCNCCC(=O)N[C@H](C(=O)O)C(C)C. The van der Waals surface area contributed by atoms with Gasteiger partial charge in [0.25, 0.3) is 0 Å². The minimum atomic E-state index is -0.971. The zero-order chi connectivity index (χ0) is 18.9. The summed E-state index contributed by atoms with van der Waals surface area (Å²) in [6.07, 6.45) is 13.5. The molecule has 0 aliphatic heterocycles. The highest BCUT2D eigenvalue weighted by Crippen LogP contribution is 2.10. The Kier molecular flexibility index (Phi) is 15.7. The van der Waals surface area contributed by atoms with Crippen LogP contribution in [0.4, 0.5) is 0 Å². The van der Waals surface area contributed by atoms with E-state index in [-0.39, 0.29) is 11.8 Å². The van der Waals surface area contributed by atoms with E-state index in [1.807, 2.05) is 0 Å². The molecule has 1 amide bonds. The van der Waals surface area contributed by atoms with E-state index in [9.17, 15) is 9.59 Å². The van der Waals surface area contributed by atoms with Crippen LogP contribution in [0.2, 0.25) is 0 Å². The molecule has 0 aliphatic carbocycles. The molecule has 5 heteroatoms. The van der Waals surface area contributed by atoms with Crippen molar-refractivity contribution in [2.45, 2.75) is 97.4 Å². The van der Waals surface area contributed by atoms with E-state index in [0.717, 1.165) is 13.0 Å². The van der Waals surface area contributed by atoms with Crippen LogP contribution in [-0.2, 0) is 9.59 Å². The number of hydrogen-bond acceptors (Lipinski definition) is 3. The lowest BCUT2D eigenvalue weighted by atomic mass is 10.0. The average Bonchev–Trinajstić information content (AvgIpc) is 2.56. The first-order chi connectivity index (χ1) is 12.0. The number of carboxylic acids is 1. The lowest BCUT2D eigenvalue weighted by Gasteiger charge is -2.17. The first-order valence-corrected chi connectivity index (χ1v) is 10.2. The monoisotopic (exact) mass is 356 g/mol. The highest BCUT2D eigenvalue weighted by molar-refractivity contribution is 5.83. The number of carbonyl (C=O) groups is 2. The number of rotatable bonds is 17. The van der Waals surface area contributed by atoms with Crippen LogP contribution >= 0.6 is 0 Å². The summed E-state index contributed by atoms with van der Waals surface area (Å²) in [7, 11) is 0. The zero-order valence-electron chi connectivity index (χ0n) is 16.6. The van der Waals surface area contributed by atoms with Gasteiger partial charge in [-0.1, -0.05) is 78.6 Å². The molecule has 0 fully saturated rings. The van der Waals surface area contributed by atoms with Crippen LogP contribution in [0.15, 0.2) is 0 Å². The third-order valence-electron chi connectivity index (χ3n) is 4.49. The number of carbonyl (C=O) groups excluding carboxylic acids is 1. The molecule has 0 aromatic rings. The van der Waals surface area contributed by atoms with Crippen molar-refractivity contribution in [1.29, 1.82) is 0 Å². The van der Waals surface area contributed by atoms with Gasteiger partial charge in [0.15, 0.2) is 0 Å². The predicted octanol–water partition coefficient (Wildman–Crippen LogP) is 4.11. The maximum Gasteiger partial charge on any atom is 0.326 e. The first kappa shape index (κ1) is 23.9. The van der Waals surface area contributed by atoms with Crippen molar-refractivity contribution in [3.63, 3.8) is 0 Å². The number of amides is 1. The topological polar surface area (TPSA) is 78.4 Å². The highest BCUT2D eigenvalue weighted by atomic mass is 16.4. The van der Waals surface area contributed by atoms with Crippen LogP contribution < -0.4 is 10.6 Å². The highest BCUT2D eigenvalue weighted by Gasteiger charge is 2.22. The Bertz CT molecular complexity index is 346. The molecule has 0 aromatic heterocycles. The van der Waals surface area contributed by atoms with Gasteiger partial charge in [0.1, 0.15) is 6.04 Å². The van der Waals surface area contributed by atoms with Crippen LogP contribution in [0.5, 0.6) is 0 Å². The molecule has 25 heavy (non-hydrogen) atoms. The van der Waals surface area contributed by atoms with Crippen molar-refractivity contribution in [2.24, 2.45) is 5.92 Å². The predicted molar refractivity (Wildman–Crippen MR) is 104 cm³/mol. The second kappa shape index (κ2) is 16.4. The fraction of sp³-hybridized carbons (Fsp3) is 0.900. The number of unbranched alkanes of at least 4 members (excludes halogenated alkanes) is 9. The molecule has 0 saturated carbocycles. The van der Waals surface area contributed by atoms with Crippen LogP contribution in [0.25, 0.3) is 0 Å². The summed E-state index contributed by atoms with van der Waals surface area (Å²) in [5, 5.41) is 14.9. The zero-order valence-corrected chi connectivity index (χ0v) is 16.6. The van der Waals surface area contributed by atoms with Crippen molar-refractivity contribution < 1.29 is 14.7 Å². The van der Waals surface area contributed by atoms with Gasteiger partial charge in [-0.3, -0.25) is 4.79 Å². The summed E-state index contributed by atoms with van der Waals surface area (Å²) < 4.78 is 0. The van der Waals surface area contributed by atoms with Crippen molar-refractivity contribution in [3.8, 4) is 0 Å². The number of carboxylic acid groups (broad SMARTS) is 1. The van der Waals surface area contributed by atoms with Crippen LogP contribution in [0.3, 0.4) is 0 Å². The molecule has 1 atom stereocenters. The second-order valence-corrected chi connectivity index (χ2v) is 7.31. The molecule has 0 radical (unpaired) electrons. The second-order valence-electron chi connectivity index (χ2n) is 7.31. The van der Waals surface area contributed by atoms with Crippen LogP contribution in [0.1, 0.15) is 91.4 Å². The van der Waals surface area contributed by atoms with Gasteiger partial charge < -0.3 is 15.7 Å². The Hall–Kier alpha value is -1.10. The fourth-order valence-corrected chi connectivity index (χ4v) is 2.82. The number of aliphatic carboxylic acids is 1. The normalized spacial score (nSPS) is 12.3. The standard InChI is InChI=1S/C20H40N2O3/c1-4-5-6-7-8-9-10-11-12-13-15-21-16-14-18(23)22-19(17(2)3)20(24)25/h17,19,21H,4-16H2,1-3H3,(H,22,23)(H,24,25)/t19-/m0/s1. The minimum absolute atomic E-state index is 0.110. The molecular formula is C20H40N2O3. The Labute approximate surface area is 154 Å². The van der Waals surface area contributed by atoms with E-state index in [0.29, 0.717) is 13.0 Å². The van der Waals surface area contributed by atoms with Gasteiger partial charge in [-0.15, -0.1) is 0 Å². The smallest absolute Gasteiger partial charge is 0.326 e. The first-order valence-electron chi connectivity index (χ1n) is 10.2. The Morgan fingerprint density at radius 3 is 1.84 bits per heavy atom. The van der Waals surface area contributed by atoms with Gasteiger partial charge in [-0.25, -0.2) is 4.79 Å². The molecule has 0 aromatic carbocycles. The van der Waals surface area contributed by atoms with E-state index in [1.165, 1.54) is 57.8 Å². The minimum Gasteiger partial charge on any atom is -0.480 e. The Balaban J connectivity index is 3.40. The quantitative estimate of drug-likeness (QED) is 0.343. The van der Waals surface area contributed by atoms with E-state index < -0.39 is 12.0 Å². The van der Waals surface area contributed by atoms with E-state index in [1.54, 1.807) is 13.8 Å². The van der Waals surface area contributed by atoms with Crippen LogP contribution in [0, 0.1) is 5.92 Å². The van der Waals surface area contributed by atoms with Gasteiger partial charge in [0.05, 0.1) is 0 Å². The number of hydrogen-bond donors (Lipinski definition) is 3. The summed E-state index contributed by atoms with van der Waals surface area (Å²) in [5.74, 6) is -1.28. The van der Waals surface area contributed by atoms with E-state index in [2.05, 4.69) is 17.6 Å². The lowest BCUT2D eigenvalue weighted by molar-refractivity contribution is -0.143. The fourth-order valence-electron chi connectivity index (χ4n) is 2.82. The maximum atomic E-state index is 11.7. The maximum absolute atomic E-state index is 11.7. The molecule has 148 valence electrons. The molecule has 0 heterocycles. The lowest BCUT2D eigenvalue weighted by Crippen LogP contribution is -2.44. The molecule has 5 nitrogen and oxygen atoms in total. The molecule has 0 rings (SSSR count). The molecule has 0 unspecified atom stereocenters. The largest absolute Gasteiger partial charge is 0.480 e. The van der Waals surface area contributed by atoms with Gasteiger partial charge in [-0.2, -0.15) is 0 Å². The van der Waals surface area contributed by atoms with Crippen molar-refractivity contribution in [1.82, 2.24) is 10.6 Å². The van der Waals surface area contributed by atoms with Gasteiger partial charge in [-0.05, 0) is 18.9 Å². The number of nitrogens with one attached hydrogen (secondary N) is 2. The summed E-state index contributed by atoms with van der Waals surface area (Å²) >= 11 is 0. The van der Waals surface area contributed by atoms with Crippen molar-refractivity contribution in [2.75, 3.05) is 13.1 Å². The summed E-state index contributed by atoms with van der Waals surface area (Å²) in [6, 6.07) is -0.797. The molecular weight excluding hydrogens is 316 g/mol. The van der Waals surface area contributed by atoms with Crippen molar-refractivity contribution >= 4 is 11.9 Å². The van der Waals surface area contributed by atoms with E-state index in [4.69, 9.17) is 5.11 Å². The molecule has 0 bridgehead atoms. The van der Waals surface area contributed by atoms with E-state index >= 15 is 0 Å². The summed E-state index contributed by atoms with van der Waals surface area (Å²) in [4.78, 5) is 22.8. The summed E-state index contributed by atoms with van der Waals surface area (Å²) in [5.41, 5.74) is 0. The van der Waals surface area contributed by atoms with Crippen LogP contribution in [-0.4, -0.2) is 36.1 Å². The molecule has 0 spiro atoms. The van der Waals surface area contributed by atoms with Gasteiger partial charge in [0, 0.05) is 13.0 Å². The Morgan fingerprint density at radius 2 is 1.36 bits per heavy atom. The van der Waals surface area contributed by atoms with Crippen molar-refractivity contribution in [3.05, 3.63) is 0 Å². The molecule has 0 aliphatic rings. The molecule has 0 saturated heterocycles. The third-order valence-corrected chi connectivity index (χ3v) is 4.49.